The average molecular weight is 358 g/mol. The summed E-state index contributed by atoms with van der Waals surface area (Å²) in [4.78, 5) is 17.5. The Hall–Kier alpha value is -1.39. The molecule has 1 atom stereocenters. The molecule has 1 amide bonds. The fraction of sp³-hybridized carbons (Fsp3) is 0.682. The normalized spacial score (nSPS) is 23.1. The summed E-state index contributed by atoms with van der Waals surface area (Å²) in [7, 11) is 2.21. The lowest BCUT2D eigenvalue weighted by Crippen LogP contribution is -2.53. The van der Waals surface area contributed by atoms with Crippen LogP contribution in [0.2, 0.25) is 0 Å². The summed E-state index contributed by atoms with van der Waals surface area (Å²) in [6, 6.07) is 7.62. The van der Waals surface area contributed by atoms with E-state index in [1.807, 2.05) is 0 Å². The van der Waals surface area contributed by atoms with Gasteiger partial charge in [-0.15, -0.1) is 0 Å². The van der Waals surface area contributed by atoms with E-state index >= 15 is 0 Å². The highest BCUT2D eigenvalue weighted by Gasteiger charge is 2.28. The molecule has 2 aliphatic rings. The Morgan fingerprint density at radius 1 is 1.08 bits per heavy atom. The molecule has 1 N–H and O–H groups in total. The Kier molecular flexibility index (Phi) is 6.71. The van der Waals surface area contributed by atoms with Crippen molar-refractivity contribution in [3.05, 3.63) is 34.9 Å². The molecule has 0 bridgehead atoms. The van der Waals surface area contributed by atoms with Crippen LogP contribution in [0.25, 0.3) is 0 Å². The molecule has 4 nitrogen and oxygen atoms in total. The summed E-state index contributed by atoms with van der Waals surface area (Å²) in [5.74, 6) is 0.208. The van der Waals surface area contributed by atoms with Crippen molar-refractivity contribution in [2.45, 2.75) is 64.5 Å². The highest BCUT2D eigenvalue weighted by atomic mass is 16.1. The summed E-state index contributed by atoms with van der Waals surface area (Å²) in [6.07, 6.45) is 6.29. The van der Waals surface area contributed by atoms with E-state index < -0.39 is 0 Å². The van der Waals surface area contributed by atoms with Gasteiger partial charge in [0.05, 0.1) is 0 Å². The van der Waals surface area contributed by atoms with Crippen LogP contribution in [0.4, 0.5) is 0 Å². The van der Waals surface area contributed by atoms with Gasteiger partial charge in [-0.1, -0.05) is 29.3 Å². The van der Waals surface area contributed by atoms with E-state index in [1.165, 1.54) is 55.6 Å². The molecular weight excluding hydrogens is 322 g/mol. The maximum atomic E-state index is 12.4. The molecule has 2 fully saturated rings. The molecule has 0 aliphatic carbocycles. The van der Waals surface area contributed by atoms with Crippen LogP contribution in [-0.4, -0.2) is 61.0 Å². The second kappa shape index (κ2) is 9.01. The number of benzene rings is 1. The van der Waals surface area contributed by atoms with Gasteiger partial charge in [0.2, 0.25) is 5.91 Å². The molecule has 0 spiro atoms. The predicted molar refractivity (Wildman–Crippen MR) is 107 cm³/mol. The summed E-state index contributed by atoms with van der Waals surface area (Å²) in [5.41, 5.74) is 3.83. The van der Waals surface area contributed by atoms with Gasteiger partial charge in [-0.25, -0.2) is 0 Å². The van der Waals surface area contributed by atoms with Crippen molar-refractivity contribution in [1.82, 2.24) is 15.1 Å². The fourth-order valence-electron chi connectivity index (χ4n) is 4.59. The van der Waals surface area contributed by atoms with E-state index in [4.69, 9.17) is 0 Å². The van der Waals surface area contributed by atoms with E-state index in [0.717, 1.165) is 19.4 Å². The number of rotatable bonds is 5. The Morgan fingerprint density at radius 3 is 2.46 bits per heavy atom. The molecule has 4 heteroatoms. The minimum Gasteiger partial charge on any atom is -0.352 e. The van der Waals surface area contributed by atoms with Gasteiger partial charge in [-0.05, 0) is 78.2 Å². The number of amides is 1. The molecule has 0 saturated carbocycles. The second-order valence-electron chi connectivity index (χ2n) is 8.43. The van der Waals surface area contributed by atoms with Crippen molar-refractivity contribution < 1.29 is 4.79 Å². The molecule has 26 heavy (non-hydrogen) atoms. The molecule has 0 aromatic heterocycles. The highest BCUT2D eigenvalue weighted by Crippen LogP contribution is 2.20. The van der Waals surface area contributed by atoms with Crippen molar-refractivity contribution >= 4 is 5.91 Å². The molecule has 2 heterocycles. The van der Waals surface area contributed by atoms with Crippen LogP contribution in [-0.2, 0) is 11.2 Å². The second-order valence-corrected chi connectivity index (χ2v) is 8.43. The van der Waals surface area contributed by atoms with Crippen molar-refractivity contribution in [3.63, 3.8) is 0 Å². The Bertz CT molecular complexity index is 587. The monoisotopic (exact) mass is 357 g/mol. The molecule has 1 unspecified atom stereocenters. The number of piperidine rings is 2. The largest absolute Gasteiger partial charge is 0.352 e. The van der Waals surface area contributed by atoms with E-state index in [9.17, 15) is 4.79 Å². The highest BCUT2D eigenvalue weighted by molar-refractivity contribution is 5.76. The third kappa shape index (κ3) is 5.55. The average Bonchev–Trinajstić information content (AvgIpc) is 2.60. The van der Waals surface area contributed by atoms with Gasteiger partial charge >= 0.3 is 0 Å². The van der Waals surface area contributed by atoms with Crippen LogP contribution in [0.5, 0.6) is 0 Å². The number of nitrogens with one attached hydrogen (secondary N) is 1. The third-order valence-corrected chi connectivity index (χ3v) is 5.94. The van der Waals surface area contributed by atoms with Crippen LogP contribution in [0.1, 0.15) is 48.8 Å². The van der Waals surface area contributed by atoms with Crippen molar-refractivity contribution in [2.75, 3.05) is 33.2 Å². The standard InChI is InChI=1S/C22H35N3O/c1-17-13-18(2)15-19(14-17)6-7-22(26)23-20-5-4-10-25(16-20)21-8-11-24(3)12-9-21/h13-15,20-21H,4-12,16H2,1-3H3,(H,23,26). The van der Waals surface area contributed by atoms with E-state index in [0.29, 0.717) is 18.5 Å². The summed E-state index contributed by atoms with van der Waals surface area (Å²) in [6.45, 7) is 8.88. The number of hydrogen-bond acceptors (Lipinski definition) is 3. The van der Waals surface area contributed by atoms with Crippen molar-refractivity contribution in [2.24, 2.45) is 0 Å². The molecule has 0 radical (unpaired) electrons. The molecule has 2 aliphatic heterocycles. The maximum absolute atomic E-state index is 12.4. The summed E-state index contributed by atoms with van der Waals surface area (Å²) in [5, 5.41) is 3.31. The minimum absolute atomic E-state index is 0.208. The first kappa shape index (κ1) is 19.4. The van der Waals surface area contributed by atoms with Crippen LogP contribution < -0.4 is 5.32 Å². The topological polar surface area (TPSA) is 35.6 Å². The number of hydrogen-bond donors (Lipinski definition) is 1. The lowest BCUT2D eigenvalue weighted by atomic mass is 9.98. The molecule has 144 valence electrons. The van der Waals surface area contributed by atoms with Crippen LogP contribution in [0, 0.1) is 13.8 Å². The van der Waals surface area contributed by atoms with Crippen LogP contribution in [0.15, 0.2) is 18.2 Å². The first-order chi connectivity index (χ1) is 12.5. The zero-order chi connectivity index (χ0) is 18.5. The SMILES string of the molecule is Cc1cc(C)cc(CCC(=O)NC2CCCN(C3CCN(C)CC3)C2)c1. The Labute approximate surface area is 158 Å². The van der Waals surface area contributed by atoms with Crippen molar-refractivity contribution in [3.8, 4) is 0 Å². The van der Waals surface area contributed by atoms with Gasteiger partial charge in [0.15, 0.2) is 0 Å². The summed E-state index contributed by atoms with van der Waals surface area (Å²) < 4.78 is 0. The summed E-state index contributed by atoms with van der Waals surface area (Å²) >= 11 is 0. The van der Waals surface area contributed by atoms with Crippen LogP contribution >= 0.6 is 0 Å². The lowest BCUT2D eigenvalue weighted by Gasteiger charge is -2.41. The molecule has 1 aromatic carbocycles. The quantitative estimate of drug-likeness (QED) is 0.880. The van der Waals surface area contributed by atoms with Gasteiger partial charge in [-0.3, -0.25) is 9.69 Å². The Morgan fingerprint density at radius 2 is 1.77 bits per heavy atom. The number of nitrogens with zero attached hydrogens (tertiary/aromatic N) is 2. The molecule has 1 aromatic rings. The van der Waals surface area contributed by atoms with E-state index in [2.05, 4.69) is 54.2 Å². The van der Waals surface area contributed by atoms with Crippen LogP contribution in [0.3, 0.4) is 0 Å². The zero-order valence-electron chi connectivity index (χ0n) is 16.8. The first-order valence-corrected chi connectivity index (χ1v) is 10.3. The van der Waals surface area contributed by atoms with Gasteiger partial charge in [0, 0.05) is 25.0 Å². The molecule has 3 rings (SSSR count). The van der Waals surface area contributed by atoms with Gasteiger partial charge in [0.1, 0.15) is 0 Å². The number of carbonyl (C=O) groups excluding carboxylic acids is 1. The van der Waals surface area contributed by atoms with Gasteiger partial charge < -0.3 is 10.2 Å². The number of likely N-dealkylation sites (tertiary alicyclic amines) is 2. The molecular formula is C22H35N3O. The van der Waals surface area contributed by atoms with E-state index in [1.54, 1.807) is 0 Å². The maximum Gasteiger partial charge on any atom is 0.220 e. The third-order valence-electron chi connectivity index (χ3n) is 5.94. The minimum atomic E-state index is 0.208. The fourth-order valence-corrected chi connectivity index (χ4v) is 4.59. The van der Waals surface area contributed by atoms with Gasteiger partial charge in [0.25, 0.3) is 0 Å². The molecule has 2 saturated heterocycles. The van der Waals surface area contributed by atoms with E-state index in [-0.39, 0.29) is 5.91 Å². The van der Waals surface area contributed by atoms with Crippen molar-refractivity contribution in [1.29, 1.82) is 0 Å². The smallest absolute Gasteiger partial charge is 0.220 e. The predicted octanol–water partition coefficient (Wildman–Crippen LogP) is 2.91. The first-order valence-electron chi connectivity index (χ1n) is 10.3. The lowest BCUT2D eigenvalue weighted by molar-refractivity contribution is -0.122. The van der Waals surface area contributed by atoms with Gasteiger partial charge in [-0.2, -0.15) is 0 Å². The number of aryl methyl sites for hydroxylation is 3. The zero-order valence-corrected chi connectivity index (χ0v) is 16.8. The Balaban J connectivity index is 1.44. The number of carbonyl (C=O) groups is 1.